The Morgan fingerprint density at radius 3 is 3.20 bits per heavy atom. The molecule has 0 radical (unpaired) electrons. The Hall–Kier alpha value is -1.14. The molecule has 0 saturated carbocycles. The van der Waals surface area contributed by atoms with Crippen LogP contribution in [0.5, 0.6) is 0 Å². The number of nitrogens with zero attached hydrogens (tertiary/aromatic N) is 3. The molecule has 6 nitrogen and oxygen atoms in total. The predicted octanol–water partition coefficient (Wildman–Crippen LogP) is -0.336. The maximum atomic E-state index is 5.84. The molecular formula is C9H14N4O2. The van der Waals surface area contributed by atoms with E-state index in [1.54, 1.807) is 10.9 Å². The maximum absolute atomic E-state index is 5.84. The molecule has 2 aliphatic heterocycles. The van der Waals surface area contributed by atoms with Crippen LogP contribution < -0.4 is 5.73 Å². The van der Waals surface area contributed by atoms with Gasteiger partial charge in [-0.3, -0.25) is 0 Å². The smallest absolute Gasteiger partial charge is 0.165 e. The van der Waals surface area contributed by atoms with E-state index in [0.717, 1.165) is 26.2 Å². The molecule has 2 saturated heterocycles. The number of aromatic nitrogens is 3. The van der Waals surface area contributed by atoms with Crippen LogP contribution in [0.2, 0.25) is 0 Å². The Labute approximate surface area is 87.3 Å². The Balaban J connectivity index is 1.61. The third kappa shape index (κ3) is 1.70. The second kappa shape index (κ2) is 3.46. The van der Waals surface area contributed by atoms with Crippen molar-refractivity contribution in [2.45, 2.75) is 25.2 Å². The van der Waals surface area contributed by atoms with Gasteiger partial charge in [0.2, 0.25) is 0 Å². The molecule has 6 heteroatoms. The summed E-state index contributed by atoms with van der Waals surface area (Å²) in [5.41, 5.74) is 5.49. The fourth-order valence-electron chi connectivity index (χ4n) is 2.32. The van der Waals surface area contributed by atoms with Gasteiger partial charge in [0.25, 0.3) is 0 Å². The van der Waals surface area contributed by atoms with E-state index in [1.807, 2.05) is 0 Å². The summed E-state index contributed by atoms with van der Waals surface area (Å²) in [6, 6.07) is 0. The number of hydrogen-bond acceptors (Lipinski definition) is 5. The van der Waals surface area contributed by atoms with Gasteiger partial charge in [-0.25, -0.2) is 4.68 Å². The summed E-state index contributed by atoms with van der Waals surface area (Å²) in [6.45, 7) is 2.30. The fraction of sp³-hybridized carbons (Fsp3) is 0.778. The Bertz CT molecular complexity index is 342. The number of rotatable bonds is 2. The summed E-state index contributed by atoms with van der Waals surface area (Å²) in [4.78, 5) is 0. The molecule has 2 fully saturated rings. The summed E-state index contributed by atoms with van der Waals surface area (Å²) in [5.74, 6) is 1.02. The molecule has 1 aromatic heterocycles. The highest BCUT2D eigenvalue weighted by Crippen LogP contribution is 2.31. The van der Waals surface area contributed by atoms with E-state index in [-0.39, 0.29) is 12.2 Å². The molecule has 0 amide bonds. The van der Waals surface area contributed by atoms with Crippen molar-refractivity contribution in [3.8, 4) is 0 Å². The van der Waals surface area contributed by atoms with E-state index < -0.39 is 0 Å². The van der Waals surface area contributed by atoms with Gasteiger partial charge >= 0.3 is 0 Å². The summed E-state index contributed by atoms with van der Waals surface area (Å²) in [5, 5.41) is 7.64. The van der Waals surface area contributed by atoms with Crippen molar-refractivity contribution in [2.24, 2.45) is 5.92 Å². The summed E-state index contributed by atoms with van der Waals surface area (Å²) in [7, 11) is 0. The van der Waals surface area contributed by atoms with Crippen LogP contribution in [0.3, 0.4) is 0 Å². The normalized spacial score (nSPS) is 34.5. The minimum Gasteiger partial charge on any atom is -0.381 e. The molecule has 3 atom stereocenters. The quantitative estimate of drug-likeness (QED) is 0.723. The highest BCUT2D eigenvalue weighted by molar-refractivity contribution is 5.19. The van der Waals surface area contributed by atoms with Crippen molar-refractivity contribution in [3.05, 3.63) is 6.20 Å². The summed E-state index contributed by atoms with van der Waals surface area (Å²) < 4.78 is 12.9. The average Bonchev–Trinajstić information content (AvgIpc) is 2.81. The number of anilines is 1. The lowest BCUT2D eigenvalue weighted by Crippen LogP contribution is -2.19. The number of nitrogen functional groups attached to an aromatic ring is 1. The number of hydrogen-bond donors (Lipinski definition) is 1. The number of fused-ring (bicyclic) bond motifs is 1. The van der Waals surface area contributed by atoms with Crippen LogP contribution in [0.1, 0.15) is 6.42 Å². The van der Waals surface area contributed by atoms with Crippen molar-refractivity contribution < 1.29 is 9.47 Å². The minimum absolute atomic E-state index is 0.227. The second-order valence-corrected chi connectivity index (χ2v) is 4.20. The molecule has 15 heavy (non-hydrogen) atoms. The highest BCUT2D eigenvalue weighted by Gasteiger charge is 2.39. The monoisotopic (exact) mass is 210 g/mol. The zero-order valence-electron chi connectivity index (χ0n) is 8.37. The first-order valence-corrected chi connectivity index (χ1v) is 5.20. The van der Waals surface area contributed by atoms with E-state index in [0.29, 0.717) is 11.7 Å². The Morgan fingerprint density at radius 2 is 2.47 bits per heavy atom. The molecule has 2 aliphatic rings. The molecular weight excluding hydrogens is 196 g/mol. The number of nitrogens with two attached hydrogens (primary N) is 1. The first-order chi connectivity index (χ1) is 7.31. The molecule has 0 bridgehead atoms. The average molecular weight is 210 g/mol. The zero-order chi connectivity index (χ0) is 10.3. The lowest BCUT2D eigenvalue weighted by atomic mass is 10.0. The predicted molar refractivity (Wildman–Crippen MR) is 52.0 cm³/mol. The summed E-state index contributed by atoms with van der Waals surface area (Å²) in [6.07, 6.45) is 3.29. The third-order valence-electron chi connectivity index (χ3n) is 3.02. The molecule has 2 N–H and O–H groups in total. The topological polar surface area (TPSA) is 75.2 Å². The van der Waals surface area contributed by atoms with Gasteiger partial charge < -0.3 is 15.2 Å². The SMILES string of the molecule is Nc1cn(CC2C[C@H]3COC[C@H]3O2)nn1. The lowest BCUT2D eigenvalue weighted by molar-refractivity contribution is 0.0108. The van der Waals surface area contributed by atoms with E-state index in [9.17, 15) is 0 Å². The van der Waals surface area contributed by atoms with Gasteiger partial charge in [0.1, 0.15) is 0 Å². The van der Waals surface area contributed by atoms with Gasteiger partial charge in [-0.2, -0.15) is 0 Å². The van der Waals surface area contributed by atoms with Crippen LogP contribution in [0, 0.1) is 5.92 Å². The first kappa shape index (κ1) is 9.11. The lowest BCUT2D eigenvalue weighted by Gasteiger charge is -2.11. The van der Waals surface area contributed by atoms with Crippen LogP contribution >= 0.6 is 0 Å². The zero-order valence-corrected chi connectivity index (χ0v) is 8.37. The van der Waals surface area contributed by atoms with E-state index >= 15 is 0 Å². The van der Waals surface area contributed by atoms with Crippen molar-refractivity contribution in [1.82, 2.24) is 15.0 Å². The van der Waals surface area contributed by atoms with E-state index in [2.05, 4.69) is 10.3 Å². The van der Waals surface area contributed by atoms with Crippen LogP contribution in [-0.4, -0.2) is 40.4 Å². The van der Waals surface area contributed by atoms with Gasteiger partial charge in [-0.15, -0.1) is 5.10 Å². The van der Waals surface area contributed by atoms with Crippen LogP contribution in [0.25, 0.3) is 0 Å². The van der Waals surface area contributed by atoms with Crippen molar-refractivity contribution >= 4 is 5.82 Å². The summed E-state index contributed by atoms with van der Waals surface area (Å²) >= 11 is 0. The number of ether oxygens (including phenoxy) is 2. The van der Waals surface area contributed by atoms with Gasteiger partial charge in [0.05, 0.1) is 38.2 Å². The second-order valence-electron chi connectivity index (χ2n) is 4.20. The molecule has 0 spiro atoms. The maximum Gasteiger partial charge on any atom is 0.165 e. The largest absolute Gasteiger partial charge is 0.381 e. The standard InChI is InChI=1S/C9H14N4O2/c10-9-3-13(12-11-9)2-7-1-6-4-14-5-8(6)15-7/h3,6-8H,1-2,4-5,10H2/t6-,7?,8+/m0/s1. The van der Waals surface area contributed by atoms with E-state index in [4.69, 9.17) is 15.2 Å². The van der Waals surface area contributed by atoms with Crippen LogP contribution in [0.4, 0.5) is 5.82 Å². The minimum atomic E-state index is 0.227. The third-order valence-corrected chi connectivity index (χ3v) is 3.02. The molecule has 3 rings (SSSR count). The van der Waals surface area contributed by atoms with E-state index in [1.165, 1.54) is 0 Å². The van der Waals surface area contributed by atoms with Crippen LogP contribution in [0.15, 0.2) is 6.20 Å². The Kier molecular flexibility index (Phi) is 2.10. The van der Waals surface area contributed by atoms with Gasteiger partial charge in [0, 0.05) is 5.92 Å². The highest BCUT2D eigenvalue weighted by atomic mass is 16.6. The first-order valence-electron chi connectivity index (χ1n) is 5.20. The fourth-order valence-corrected chi connectivity index (χ4v) is 2.32. The van der Waals surface area contributed by atoms with Gasteiger partial charge in [-0.1, -0.05) is 5.21 Å². The molecule has 3 heterocycles. The Morgan fingerprint density at radius 1 is 1.53 bits per heavy atom. The molecule has 82 valence electrons. The van der Waals surface area contributed by atoms with Crippen molar-refractivity contribution in [1.29, 1.82) is 0 Å². The van der Waals surface area contributed by atoms with Gasteiger partial charge in [0.15, 0.2) is 5.82 Å². The van der Waals surface area contributed by atoms with Crippen molar-refractivity contribution in [2.75, 3.05) is 18.9 Å². The molecule has 0 aromatic carbocycles. The molecule has 1 unspecified atom stereocenters. The van der Waals surface area contributed by atoms with Crippen LogP contribution in [-0.2, 0) is 16.0 Å². The van der Waals surface area contributed by atoms with Crippen molar-refractivity contribution in [3.63, 3.8) is 0 Å². The van der Waals surface area contributed by atoms with Gasteiger partial charge in [-0.05, 0) is 6.42 Å². The molecule has 0 aliphatic carbocycles. The molecule has 1 aromatic rings.